The smallest absolute Gasteiger partial charge is 0.0886 e. The van der Waals surface area contributed by atoms with Crippen LogP contribution in [0.15, 0.2) is 18.5 Å². The fourth-order valence-corrected chi connectivity index (χ4v) is 1.61. The van der Waals surface area contributed by atoms with Gasteiger partial charge < -0.3 is 9.84 Å². The van der Waals surface area contributed by atoms with Gasteiger partial charge in [-0.3, -0.25) is 4.68 Å². The number of ether oxygens (including phenoxy) is 1. The van der Waals surface area contributed by atoms with Crippen molar-refractivity contribution in [3.8, 4) is 0 Å². The third-order valence-corrected chi connectivity index (χ3v) is 2.44. The first-order valence-corrected chi connectivity index (χ1v) is 4.56. The fourth-order valence-electron chi connectivity index (χ4n) is 1.61. The van der Waals surface area contributed by atoms with Crippen molar-refractivity contribution >= 4 is 0 Å². The Morgan fingerprint density at radius 2 is 2.23 bits per heavy atom. The lowest BCUT2D eigenvalue weighted by Crippen LogP contribution is -2.40. The maximum absolute atomic E-state index is 10.1. The second kappa shape index (κ2) is 3.47. The second-order valence-electron chi connectivity index (χ2n) is 3.54. The summed E-state index contributed by atoms with van der Waals surface area (Å²) in [5.74, 6) is 0. The van der Waals surface area contributed by atoms with Crippen LogP contribution in [0.3, 0.4) is 0 Å². The highest BCUT2D eigenvalue weighted by molar-refractivity contribution is 4.85. The van der Waals surface area contributed by atoms with E-state index in [9.17, 15) is 5.11 Å². The molecule has 2 heterocycles. The summed E-state index contributed by atoms with van der Waals surface area (Å²) in [5, 5.41) is 14.2. The number of aliphatic hydroxyl groups is 1. The van der Waals surface area contributed by atoms with Gasteiger partial charge in [-0.05, 0) is 6.07 Å². The molecule has 2 rings (SSSR count). The molecule has 0 amide bonds. The van der Waals surface area contributed by atoms with Crippen LogP contribution >= 0.6 is 0 Å². The molecule has 13 heavy (non-hydrogen) atoms. The number of rotatable bonds is 2. The highest BCUT2D eigenvalue weighted by Gasteiger charge is 2.30. The summed E-state index contributed by atoms with van der Waals surface area (Å²) in [6.07, 6.45) is 5.00. The van der Waals surface area contributed by atoms with Gasteiger partial charge in [-0.15, -0.1) is 0 Å². The molecule has 1 N–H and O–H groups in total. The van der Waals surface area contributed by atoms with Gasteiger partial charge in [0.05, 0.1) is 12.1 Å². The van der Waals surface area contributed by atoms with Gasteiger partial charge >= 0.3 is 0 Å². The molecule has 1 aliphatic heterocycles. The third-order valence-electron chi connectivity index (χ3n) is 2.44. The minimum Gasteiger partial charge on any atom is -0.388 e. The lowest BCUT2D eigenvalue weighted by molar-refractivity contribution is -0.0744. The lowest BCUT2D eigenvalue weighted by atomic mass is 9.95. The molecule has 1 fully saturated rings. The molecule has 1 aromatic rings. The predicted molar refractivity (Wildman–Crippen MR) is 47.2 cm³/mol. The van der Waals surface area contributed by atoms with Crippen LogP contribution in [-0.2, 0) is 11.3 Å². The van der Waals surface area contributed by atoms with E-state index in [4.69, 9.17) is 4.74 Å². The van der Waals surface area contributed by atoms with Gasteiger partial charge in [0.25, 0.3) is 0 Å². The van der Waals surface area contributed by atoms with Crippen molar-refractivity contribution in [1.82, 2.24) is 9.78 Å². The first kappa shape index (κ1) is 8.72. The summed E-state index contributed by atoms with van der Waals surface area (Å²) in [4.78, 5) is 0. The average Bonchev–Trinajstić information content (AvgIpc) is 2.57. The highest BCUT2D eigenvalue weighted by atomic mass is 16.5. The van der Waals surface area contributed by atoms with Gasteiger partial charge in [0.15, 0.2) is 0 Å². The van der Waals surface area contributed by atoms with Crippen molar-refractivity contribution in [2.24, 2.45) is 0 Å². The normalized spacial score (nSPS) is 21.6. The molecule has 1 saturated heterocycles. The van der Waals surface area contributed by atoms with E-state index in [2.05, 4.69) is 5.10 Å². The molecule has 1 aliphatic rings. The van der Waals surface area contributed by atoms with Crippen LogP contribution in [0.5, 0.6) is 0 Å². The van der Waals surface area contributed by atoms with Crippen molar-refractivity contribution in [3.05, 3.63) is 18.5 Å². The summed E-state index contributed by atoms with van der Waals surface area (Å²) in [5.41, 5.74) is -0.621. The van der Waals surface area contributed by atoms with Crippen molar-refractivity contribution in [2.75, 3.05) is 13.2 Å². The van der Waals surface area contributed by atoms with E-state index < -0.39 is 5.60 Å². The minimum absolute atomic E-state index is 0.573. The summed E-state index contributed by atoms with van der Waals surface area (Å²) >= 11 is 0. The van der Waals surface area contributed by atoms with Crippen LogP contribution in [-0.4, -0.2) is 33.7 Å². The Labute approximate surface area is 77.1 Å². The SMILES string of the molecule is OC1(Cn2cccn2)CCOCC1. The topological polar surface area (TPSA) is 47.3 Å². The Morgan fingerprint density at radius 1 is 1.46 bits per heavy atom. The molecular formula is C9H14N2O2. The van der Waals surface area contributed by atoms with Crippen LogP contribution in [0.1, 0.15) is 12.8 Å². The zero-order valence-corrected chi connectivity index (χ0v) is 7.52. The first-order chi connectivity index (χ1) is 6.29. The van der Waals surface area contributed by atoms with Crippen LogP contribution in [0.2, 0.25) is 0 Å². The molecular weight excluding hydrogens is 168 g/mol. The molecule has 0 atom stereocenters. The van der Waals surface area contributed by atoms with E-state index in [1.165, 1.54) is 0 Å². The van der Waals surface area contributed by atoms with Gasteiger partial charge in [-0.1, -0.05) is 0 Å². The van der Waals surface area contributed by atoms with E-state index in [0.29, 0.717) is 32.6 Å². The molecule has 0 saturated carbocycles. The fraction of sp³-hybridized carbons (Fsp3) is 0.667. The minimum atomic E-state index is -0.621. The maximum atomic E-state index is 10.1. The average molecular weight is 182 g/mol. The van der Waals surface area contributed by atoms with Gasteiger partial charge in [0.2, 0.25) is 0 Å². The second-order valence-corrected chi connectivity index (χ2v) is 3.54. The quantitative estimate of drug-likeness (QED) is 0.721. The number of hydrogen-bond donors (Lipinski definition) is 1. The summed E-state index contributed by atoms with van der Waals surface area (Å²) < 4.78 is 6.96. The number of aromatic nitrogens is 2. The molecule has 0 aliphatic carbocycles. The Bertz CT molecular complexity index is 253. The predicted octanol–water partition coefficient (Wildman–Crippen LogP) is 0.425. The maximum Gasteiger partial charge on any atom is 0.0886 e. The monoisotopic (exact) mass is 182 g/mol. The van der Waals surface area contributed by atoms with E-state index in [0.717, 1.165) is 0 Å². The van der Waals surface area contributed by atoms with Gasteiger partial charge in [-0.2, -0.15) is 5.10 Å². The van der Waals surface area contributed by atoms with Gasteiger partial charge in [0, 0.05) is 38.4 Å². The Hall–Kier alpha value is -0.870. The van der Waals surface area contributed by atoms with Crippen molar-refractivity contribution in [1.29, 1.82) is 0 Å². The molecule has 0 spiro atoms. The number of hydrogen-bond acceptors (Lipinski definition) is 3. The molecule has 4 heteroatoms. The van der Waals surface area contributed by atoms with Crippen molar-refractivity contribution in [2.45, 2.75) is 25.0 Å². The number of nitrogens with zero attached hydrogens (tertiary/aromatic N) is 2. The molecule has 72 valence electrons. The highest BCUT2D eigenvalue weighted by Crippen LogP contribution is 2.21. The Kier molecular flexibility index (Phi) is 2.33. The molecule has 1 aromatic heterocycles. The van der Waals surface area contributed by atoms with E-state index in [1.54, 1.807) is 10.9 Å². The third kappa shape index (κ3) is 2.08. The van der Waals surface area contributed by atoms with Crippen molar-refractivity contribution in [3.63, 3.8) is 0 Å². The molecule has 4 nitrogen and oxygen atoms in total. The summed E-state index contributed by atoms with van der Waals surface area (Å²) in [6.45, 7) is 1.87. The zero-order chi connectivity index (χ0) is 9.15. The largest absolute Gasteiger partial charge is 0.388 e. The first-order valence-electron chi connectivity index (χ1n) is 4.56. The van der Waals surface area contributed by atoms with E-state index in [-0.39, 0.29) is 0 Å². The summed E-state index contributed by atoms with van der Waals surface area (Å²) in [6, 6.07) is 1.86. The zero-order valence-electron chi connectivity index (χ0n) is 7.52. The molecule has 0 aromatic carbocycles. The van der Waals surface area contributed by atoms with Gasteiger partial charge in [0.1, 0.15) is 0 Å². The standard InChI is InChI=1S/C9H14N2O2/c12-9(2-6-13-7-3-9)8-11-5-1-4-10-11/h1,4-5,12H,2-3,6-8H2. The van der Waals surface area contributed by atoms with Crippen LogP contribution in [0, 0.1) is 0 Å². The molecule has 0 radical (unpaired) electrons. The lowest BCUT2D eigenvalue weighted by Gasteiger charge is -2.31. The molecule has 0 unspecified atom stereocenters. The van der Waals surface area contributed by atoms with Crippen LogP contribution in [0.4, 0.5) is 0 Å². The van der Waals surface area contributed by atoms with E-state index in [1.807, 2.05) is 12.3 Å². The van der Waals surface area contributed by atoms with Gasteiger partial charge in [-0.25, -0.2) is 0 Å². The van der Waals surface area contributed by atoms with E-state index >= 15 is 0 Å². The van der Waals surface area contributed by atoms with Crippen LogP contribution in [0.25, 0.3) is 0 Å². The molecule has 0 bridgehead atoms. The van der Waals surface area contributed by atoms with Crippen LogP contribution < -0.4 is 0 Å². The van der Waals surface area contributed by atoms with Crippen molar-refractivity contribution < 1.29 is 9.84 Å². The Morgan fingerprint density at radius 3 is 2.85 bits per heavy atom. The Balaban J connectivity index is 1.99. The summed E-state index contributed by atoms with van der Waals surface area (Å²) in [7, 11) is 0.